The first kappa shape index (κ1) is 8.88. The van der Waals surface area contributed by atoms with Gasteiger partial charge in [0.25, 0.3) is 0 Å². The van der Waals surface area contributed by atoms with E-state index in [-0.39, 0.29) is 0 Å². The molecule has 1 aromatic carbocycles. The van der Waals surface area contributed by atoms with Crippen molar-refractivity contribution < 1.29 is 4.74 Å². The lowest BCUT2D eigenvalue weighted by molar-refractivity contribution is 0.412. The Bertz CT molecular complexity index is 344. The number of ether oxygens (including phenoxy) is 1. The van der Waals surface area contributed by atoms with Gasteiger partial charge in [-0.25, -0.2) is 0 Å². The molecule has 1 aromatic rings. The summed E-state index contributed by atoms with van der Waals surface area (Å²) in [4.78, 5) is 0. The molecule has 0 saturated heterocycles. The second-order valence-corrected chi connectivity index (χ2v) is 2.99. The number of anilines is 1. The van der Waals surface area contributed by atoms with Crippen LogP contribution in [0, 0.1) is 11.3 Å². The molecule has 1 rings (SSSR count). The maximum absolute atomic E-state index is 8.60. The third-order valence-corrected chi connectivity index (χ3v) is 2.27. The van der Waals surface area contributed by atoms with Gasteiger partial charge in [-0.15, -0.1) is 0 Å². The molecule has 0 atom stereocenters. The topological polar surface area (TPSA) is 59.0 Å². The number of nitrogens with two attached hydrogens (primary N) is 1. The molecular weight excluding hydrogens is 220 g/mol. The zero-order chi connectivity index (χ0) is 9.14. The summed E-state index contributed by atoms with van der Waals surface area (Å²) >= 11 is 3.24. The molecule has 0 unspecified atom stereocenters. The Morgan fingerprint density at radius 1 is 1.58 bits per heavy atom. The average Bonchev–Trinajstić information content (AvgIpc) is 2.09. The van der Waals surface area contributed by atoms with Crippen LogP contribution in [0.3, 0.4) is 0 Å². The fourth-order valence-corrected chi connectivity index (χ4v) is 1.22. The Labute approximate surface area is 78.9 Å². The maximum atomic E-state index is 8.60. The number of rotatable bonds is 1. The van der Waals surface area contributed by atoms with Gasteiger partial charge in [0.05, 0.1) is 28.9 Å². The van der Waals surface area contributed by atoms with E-state index in [1.54, 1.807) is 12.1 Å². The normalized spacial score (nSPS) is 9.08. The fraction of sp³-hybridized carbons (Fsp3) is 0.125. The Morgan fingerprint density at radius 2 is 2.25 bits per heavy atom. The minimum absolute atomic E-state index is 0.493. The van der Waals surface area contributed by atoms with E-state index in [1.807, 2.05) is 6.07 Å². The molecular formula is C8H7BrN2O. The number of methoxy groups -OCH3 is 1. The van der Waals surface area contributed by atoms with Crippen molar-refractivity contribution in [3.8, 4) is 11.8 Å². The summed E-state index contributed by atoms with van der Waals surface area (Å²) in [6, 6.07) is 5.20. The van der Waals surface area contributed by atoms with Crippen LogP contribution in [0.5, 0.6) is 5.75 Å². The predicted molar refractivity (Wildman–Crippen MR) is 49.8 cm³/mol. The number of nitrogen functional groups attached to an aromatic ring is 1. The van der Waals surface area contributed by atoms with Gasteiger partial charge < -0.3 is 10.5 Å². The van der Waals surface area contributed by atoms with E-state index >= 15 is 0 Å². The van der Waals surface area contributed by atoms with Gasteiger partial charge in [0, 0.05) is 0 Å². The number of hydrogen-bond acceptors (Lipinski definition) is 3. The van der Waals surface area contributed by atoms with Gasteiger partial charge in [0.15, 0.2) is 0 Å². The SMILES string of the molecule is COc1cc(C#N)cc(N)c1Br. The van der Waals surface area contributed by atoms with Gasteiger partial charge in [-0.1, -0.05) is 0 Å². The van der Waals surface area contributed by atoms with Crippen LogP contribution in [0.15, 0.2) is 16.6 Å². The van der Waals surface area contributed by atoms with E-state index in [9.17, 15) is 0 Å². The molecule has 12 heavy (non-hydrogen) atoms. The van der Waals surface area contributed by atoms with Crippen molar-refractivity contribution in [1.29, 1.82) is 5.26 Å². The Hall–Kier alpha value is -1.21. The van der Waals surface area contributed by atoms with Crippen molar-refractivity contribution in [2.24, 2.45) is 0 Å². The minimum atomic E-state index is 0.493. The van der Waals surface area contributed by atoms with Crippen LogP contribution in [0.2, 0.25) is 0 Å². The van der Waals surface area contributed by atoms with Crippen molar-refractivity contribution in [1.82, 2.24) is 0 Å². The van der Waals surface area contributed by atoms with Crippen LogP contribution >= 0.6 is 15.9 Å². The van der Waals surface area contributed by atoms with Gasteiger partial charge >= 0.3 is 0 Å². The van der Waals surface area contributed by atoms with Crippen LogP contribution < -0.4 is 10.5 Å². The highest BCUT2D eigenvalue weighted by Crippen LogP contribution is 2.31. The second-order valence-electron chi connectivity index (χ2n) is 2.19. The van der Waals surface area contributed by atoms with E-state index in [2.05, 4.69) is 15.9 Å². The molecule has 0 fully saturated rings. The molecule has 0 spiro atoms. The fourth-order valence-electron chi connectivity index (χ4n) is 0.832. The van der Waals surface area contributed by atoms with Crippen LogP contribution in [0.1, 0.15) is 5.56 Å². The molecule has 0 aliphatic carbocycles. The van der Waals surface area contributed by atoms with Crippen LogP contribution in [0.4, 0.5) is 5.69 Å². The summed E-state index contributed by atoms with van der Waals surface area (Å²) in [6.07, 6.45) is 0. The van der Waals surface area contributed by atoms with Crippen molar-refractivity contribution >= 4 is 21.6 Å². The van der Waals surface area contributed by atoms with Gasteiger partial charge in [0.2, 0.25) is 0 Å². The first-order chi connectivity index (χ1) is 5.69. The van der Waals surface area contributed by atoms with Gasteiger partial charge in [-0.3, -0.25) is 0 Å². The zero-order valence-corrected chi connectivity index (χ0v) is 8.05. The van der Waals surface area contributed by atoms with E-state index in [1.165, 1.54) is 7.11 Å². The average molecular weight is 227 g/mol. The molecule has 0 aliphatic heterocycles. The van der Waals surface area contributed by atoms with Crippen LogP contribution in [-0.2, 0) is 0 Å². The number of hydrogen-bond donors (Lipinski definition) is 1. The van der Waals surface area contributed by atoms with Crippen LogP contribution in [0.25, 0.3) is 0 Å². The summed E-state index contributed by atoms with van der Waals surface area (Å²) in [7, 11) is 1.53. The molecule has 0 radical (unpaired) electrons. The highest BCUT2D eigenvalue weighted by Gasteiger charge is 2.05. The molecule has 0 saturated carbocycles. The summed E-state index contributed by atoms with van der Waals surface area (Å²) in [5, 5.41) is 8.60. The van der Waals surface area contributed by atoms with Crippen molar-refractivity contribution in [2.45, 2.75) is 0 Å². The van der Waals surface area contributed by atoms with Gasteiger partial charge in [-0.05, 0) is 28.1 Å². The maximum Gasteiger partial charge on any atom is 0.136 e. The molecule has 2 N–H and O–H groups in total. The van der Waals surface area contributed by atoms with Crippen molar-refractivity contribution in [2.75, 3.05) is 12.8 Å². The van der Waals surface area contributed by atoms with Crippen molar-refractivity contribution in [3.05, 3.63) is 22.2 Å². The third-order valence-electron chi connectivity index (χ3n) is 1.42. The van der Waals surface area contributed by atoms with E-state index in [4.69, 9.17) is 15.7 Å². The van der Waals surface area contributed by atoms with E-state index in [0.29, 0.717) is 21.5 Å². The summed E-state index contributed by atoms with van der Waals surface area (Å²) in [5.74, 6) is 0.576. The Morgan fingerprint density at radius 3 is 2.75 bits per heavy atom. The van der Waals surface area contributed by atoms with E-state index < -0.39 is 0 Å². The lowest BCUT2D eigenvalue weighted by Crippen LogP contribution is -1.92. The van der Waals surface area contributed by atoms with Gasteiger partial charge in [-0.2, -0.15) is 5.26 Å². The second kappa shape index (κ2) is 3.46. The summed E-state index contributed by atoms with van der Waals surface area (Å²) in [6.45, 7) is 0. The Balaban J connectivity index is 3.31. The first-order valence-corrected chi connectivity index (χ1v) is 4.01. The number of benzene rings is 1. The van der Waals surface area contributed by atoms with Gasteiger partial charge in [0.1, 0.15) is 5.75 Å². The number of halogens is 1. The zero-order valence-electron chi connectivity index (χ0n) is 6.47. The Kier molecular flexibility index (Phi) is 2.56. The summed E-state index contributed by atoms with van der Waals surface area (Å²) in [5.41, 5.74) is 6.59. The molecule has 62 valence electrons. The number of nitrogens with zero attached hydrogens (tertiary/aromatic N) is 1. The quantitative estimate of drug-likeness (QED) is 0.745. The minimum Gasteiger partial charge on any atom is -0.495 e. The summed E-state index contributed by atoms with van der Waals surface area (Å²) < 4.78 is 5.67. The highest BCUT2D eigenvalue weighted by molar-refractivity contribution is 9.10. The van der Waals surface area contributed by atoms with E-state index in [0.717, 1.165) is 0 Å². The largest absolute Gasteiger partial charge is 0.495 e. The predicted octanol–water partition coefficient (Wildman–Crippen LogP) is 1.91. The highest BCUT2D eigenvalue weighted by atomic mass is 79.9. The molecule has 4 heteroatoms. The van der Waals surface area contributed by atoms with Crippen molar-refractivity contribution in [3.63, 3.8) is 0 Å². The molecule has 0 aromatic heterocycles. The molecule has 0 heterocycles. The third kappa shape index (κ3) is 1.51. The molecule has 0 aliphatic rings. The smallest absolute Gasteiger partial charge is 0.136 e. The monoisotopic (exact) mass is 226 g/mol. The molecule has 0 bridgehead atoms. The standard InChI is InChI=1S/C8H7BrN2O/c1-12-7-3-5(4-10)2-6(11)8(7)9/h2-3H,11H2,1H3. The first-order valence-electron chi connectivity index (χ1n) is 3.22. The lowest BCUT2D eigenvalue weighted by Gasteiger charge is -2.05. The lowest BCUT2D eigenvalue weighted by atomic mass is 10.2. The molecule has 3 nitrogen and oxygen atoms in total. The molecule has 0 amide bonds. The van der Waals surface area contributed by atoms with Crippen LogP contribution in [-0.4, -0.2) is 7.11 Å². The number of nitriles is 1.